The first-order valence-electron chi connectivity index (χ1n) is 10.9. The maximum atomic E-state index is 12.5. The smallest absolute Gasteiger partial charge is 0.223 e. The Labute approximate surface area is 172 Å². The number of amides is 2. The summed E-state index contributed by atoms with van der Waals surface area (Å²) in [5, 5.41) is 3.07. The number of imidazole rings is 1. The number of benzene rings is 1. The molecule has 0 unspecified atom stereocenters. The molecule has 0 radical (unpaired) electrons. The Morgan fingerprint density at radius 2 is 2.00 bits per heavy atom. The summed E-state index contributed by atoms with van der Waals surface area (Å²) in [7, 11) is 0. The minimum atomic E-state index is 0.0686. The molecule has 0 atom stereocenters. The monoisotopic (exact) mass is 397 g/mol. The van der Waals surface area contributed by atoms with Crippen molar-refractivity contribution in [2.24, 2.45) is 5.92 Å². The number of likely N-dealkylation sites (tertiary alicyclic amines) is 1. The van der Waals surface area contributed by atoms with Crippen LogP contribution in [0.15, 0.2) is 24.3 Å². The number of nitrogens with one attached hydrogen (secondary N) is 1. The summed E-state index contributed by atoms with van der Waals surface area (Å²) in [6.45, 7) is 7.00. The summed E-state index contributed by atoms with van der Waals surface area (Å²) in [5.74, 6) is 1.49. The Kier molecular flexibility index (Phi) is 6.02. The molecular weight excluding hydrogens is 366 g/mol. The van der Waals surface area contributed by atoms with Crippen LogP contribution in [-0.2, 0) is 16.1 Å². The van der Waals surface area contributed by atoms with Crippen molar-refractivity contribution < 1.29 is 9.59 Å². The zero-order chi connectivity index (χ0) is 20.2. The Morgan fingerprint density at radius 3 is 2.72 bits per heavy atom. The van der Waals surface area contributed by atoms with Gasteiger partial charge in [0, 0.05) is 51.6 Å². The number of para-hydroxylation sites is 2. The van der Waals surface area contributed by atoms with E-state index in [1.54, 1.807) is 0 Å². The van der Waals surface area contributed by atoms with E-state index in [2.05, 4.69) is 39.9 Å². The molecule has 4 rings (SSSR count). The van der Waals surface area contributed by atoms with Gasteiger partial charge in [0.15, 0.2) is 0 Å². The zero-order valence-electron chi connectivity index (χ0n) is 17.3. The first kappa shape index (κ1) is 19.7. The second-order valence-electron chi connectivity index (χ2n) is 8.04. The van der Waals surface area contributed by atoms with E-state index in [4.69, 9.17) is 4.98 Å². The first-order chi connectivity index (χ1) is 14.2. The second-order valence-corrected chi connectivity index (χ2v) is 8.04. The van der Waals surface area contributed by atoms with Crippen molar-refractivity contribution in [2.75, 3.05) is 37.6 Å². The normalized spacial score (nSPS) is 18.0. The number of anilines is 1. The topological polar surface area (TPSA) is 70.5 Å². The van der Waals surface area contributed by atoms with E-state index in [9.17, 15) is 9.59 Å². The summed E-state index contributed by atoms with van der Waals surface area (Å²) < 4.78 is 2.26. The SMILES string of the molecule is CCn1c(N2CCC(C(=O)NCCCN3CCCC3=O)CC2)nc2ccccc21. The van der Waals surface area contributed by atoms with Crippen molar-refractivity contribution in [2.45, 2.75) is 45.6 Å². The third kappa shape index (κ3) is 4.23. The van der Waals surface area contributed by atoms with Crippen LogP contribution < -0.4 is 10.2 Å². The number of fused-ring (bicyclic) bond motifs is 1. The quantitative estimate of drug-likeness (QED) is 0.729. The molecule has 7 nitrogen and oxygen atoms in total. The highest BCUT2D eigenvalue weighted by Gasteiger charge is 2.27. The minimum absolute atomic E-state index is 0.0686. The molecule has 2 aliphatic heterocycles. The minimum Gasteiger partial charge on any atom is -0.356 e. The third-order valence-electron chi connectivity index (χ3n) is 6.17. The molecule has 0 spiro atoms. The van der Waals surface area contributed by atoms with Crippen molar-refractivity contribution in [3.63, 3.8) is 0 Å². The Bertz CT molecular complexity index is 869. The maximum Gasteiger partial charge on any atom is 0.223 e. The van der Waals surface area contributed by atoms with Crippen LogP contribution in [0.3, 0.4) is 0 Å². The van der Waals surface area contributed by atoms with Gasteiger partial charge in [-0.05, 0) is 44.7 Å². The predicted molar refractivity (Wildman–Crippen MR) is 114 cm³/mol. The average Bonchev–Trinajstić information content (AvgIpc) is 3.34. The molecule has 29 heavy (non-hydrogen) atoms. The van der Waals surface area contributed by atoms with E-state index in [0.717, 1.165) is 69.9 Å². The van der Waals surface area contributed by atoms with Gasteiger partial charge in [-0.25, -0.2) is 4.98 Å². The van der Waals surface area contributed by atoms with E-state index < -0.39 is 0 Å². The largest absolute Gasteiger partial charge is 0.356 e. The van der Waals surface area contributed by atoms with Gasteiger partial charge in [0.1, 0.15) is 0 Å². The average molecular weight is 398 g/mol. The molecule has 2 saturated heterocycles. The van der Waals surface area contributed by atoms with Crippen LogP contribution in [0.25, 0.3) is 11.0 Å². The van der Waals surface area contributed by atoms with Gasteiger partial charge in [0.2, 0.25) is 17.8 Å². The number of piperidine rings is 1. The molecule has 2 amide bonds. The highest BCUT2D eigenvalue weighted by Crippen LogP contribution is 2.27. The van der Waals surface area contributed by atoms with Gasteiger partial charge in [-0.2, -0.15) is 0 Å². The van der Waals surface area contributed by atoms with Gasteiger partial charge < -0.3 is 19.7 Å². The van der Waals surface area contributed by atoms with Gasteiger partial charge in [0.25, 0.3) is 0 Å². The highest BCUT2D eigenvalue weighted by atomic mass is 16.2. The first-order valence-corrected chi connectivity index (χ1v) is 10.9. The van der Waals surface area contributed by atoms with Gasteiger partial charge >= 0.3 is 0 Å². The lowest BCUT2D eigenvalue weighted by molar-refractivity contribution is -0.127. The van der Waals surface area contributed by atoms with Gasteiger partial charge in [-0.3, -0.25) is 9.59 Å². The number of nitrogens with zero attached hydrogens (tertiary/aromatic N) is 4. The molecule has 2 aromatic rings. The molecule has 0 aliphatic carbocycles. The molecule has 1 aromatic heterocycles. The number of rotatable bonds is 7. The summed E-state index contributed by atoms with van der Waals surface area (Å²) in [6, 6.07) is 8.25. The number of carbonyl (C=O) groups excluding carboxylic acids is 2. The Hall–Kier alpha value is -2.57. The lowest BCUT2D eigenvalue weighted by Crippen LogP contribution is -2.42. The number of hydrogen-bond acceptors (Lipinski definition) is 4. The van der Waals surface area contributed by atoms with Crippen molar-refractivity contribution in [1.82, 2.24) is 19.8 Å². The summed E-state index contributed by atoms with van der Waals surface area (Å²) >= 11 is 0. The van der Waals surface area contributed by atoms with E-state index in [1.807, 2.05) is 11.0 Å². The van der Waals surface area contributed by atoms with Crippen LogP contribution >= 0.6 is 0 Å². The van der Waals surface area contributed by atoms with Crippen LogP contribution in [0.1, 0.15) is 39.0 Å². The molecule has 156 valence electrons. The van der Waals surface area contributed by atoms with Gasteiger partial charge in [-0.1, -0.05) is 12.1 Å². The standard InChI is InChI=1S/C22H31N5O2/c1-2-27-19-8-4-3-7-18(19)24-22(27)26-15-10-17(11-16-26)21(29)23-12-6-14-25-13-5-9-20(25)28/h3-4,7-8,17H,2,5-6,9-16H2,1H3,(H,23,29). The lowest BCUT2D eigenvalue weighted by atomic mass is 9.96. The predicted octanol–water partition coefficient (Wildman–Crippen LogP) is 2.40. The fourth-order valence-electron chi connectivity index (χ4n) is 4.52. The lowest BCUT2D eigenvalue weighted by Gasteiger charge is -2.32. The maximum absolute atomic E-state index is 12.5. The number of hydrogen-bond donors (Lipinski definition) is 1. The summed E-state index contributed by atoms with van der Waals surface area (Å²) in [6.07, 6.45) is 4.18. The Balaban J connectivity index is 1.26. The molecule has 0 bridgehead atoms. The number of aryl methyl sites for hydroxylation is 1. The molecule has 0 saturated carbocycles. The Morgan fingerprint density at radius 1 is 1.21 bits per heavy atom. The van der Waals surface area contributed by atoms with Crippen molar-refractivity contribution in [3.05, 3.63) is 24.3 Å². The van der Waals surface area contributed by atoms with E-state index in [-0.39, 0.29) is 17.7 Å². The molecule has 1 aromatic carbocycles. The van der Waals surface area contributed by atoms with E-state index in [0.29, 0.717) is 13.0 Å². The fourth-order valence-corrected chi connectivity index (χ4v) is 4.52. The van der Waals surface area contributed by atoms with Crippen LogP contribution in [0.5, 0.6) is 0 Å². The third-order valence-corrected chi connectivity index (χ3v) is 6.17. The molecule has 3 heterocycles. The summed E-state index contributed by atoms with van der Waals surface area (Å²) in [4.78, 5) is 33.2. The number of aromatic nitrogens is 2. The second kappa shape index (κ2) is 8.84. The molecule has 7 heteroatoms. The fraction of sp³-hybridized carbons (Fsp3) is 0.591. The van der Waals surface area contributed by atoms with E-state index >= 15 is 0 Å². The van der Waals surface area contributed by atoms with Crippen LogP contribution in [-0.4, -0.2) is 59.0 Å². The van der Waals surface area contributed by atoms with Crippen LogP contribution in [0.4, 0.5) is 5.95 Å². The van der Waals surface area contributed by atoms with Crippen molar-refractivity contribution in [1.29, 1.82) is 0 Å². The van der Waals surface area contributed by atoms with Crippen LogP contribution in [0, 0.1) is 5.92 Å². The van der Waals surface area contributed by atoms with Crippen molar-refractivity contribution in [3.8, 4) is 0 Å². The molecular formula is C22H31N5O2. The molecule has 1 N–H and O–H groups in total. The van der Waals surface area contributed by atoms with Crippen LogP contribution in [0.2, 0.25) is 0 Å². The summed E-state index contributed by atoms with van der Waals surface area (Å²) in [5.41, 5.74) is 2.20. The van der Waals surface area contributed by atoms with Gasteiger partial charge in [0.05, 0.1) is 11.0 Å². The molecule has 2 aliphatic rings. The van der Waals surface area contributed by atoms with E-state index in [1.165, 1.54) is 5.52 Å². The number of carbonyl (C=O) groups is 2. The highest BCUT2D eigenvalue weighted by molar-refractivity contribution is 5.80. The van der Waals surface area contributed by atoms with Gasteiger partial charge in [-0.15, -0.1) is 0 Å². The van der Waals surface area contributed by atoms with Crippen molar-refractivity contribution >= 4 is 28.8 Å². The zero-order valence-corrected chi connectivity index (χ0v) is 17.3. The molecule has 2 fully saturated rings.